The van der Waals surface area contributed by atoms with E-state index >= 15 is 0 Å². The van der Waals surface area contributed by atoms with Gasteiger partial charge in [-0.25, -0.2) is 4.98 Å². The van der Waals surface area contributed by atoms with Gasteiger partial charge in [0.1, 0.15) is 0 Å². The molecular formula is C24H23N3. The lowest BCUT2D eigenvalue weighted by atomic mass is 10.0. The molecule has 0 saturated heterocycles. The van der Waals surface area contributed by atoms with Crippen LogP contribution in [0, 0.1) is 0 Å². The van der Waals surface area contributed by atoms with E-state index < -0.39 is 0 Å². The van der Waals surface area contributed by atoms with Crippen LogP contribution in [0.2, 0.25) is 0 Å². The summed E-state index contributed by atoms with van der Waals surface area (Å²) in [5.41, 5.74) is 11.6. The van der Waals surface area contributed by atoms with Crippen LogP contribution in [0.4, 0.5) is 0 Å². The Kier molecular flexibility index (Phi) is 5.13. The number of nitrogens with zero attached hydrogens (tertiary/aromatic N) is 2. The highest BCUT2D eigenvalue weighted by atomic mass is 15.1. The van der Waals surface area contributed by atoms with Crippen molar-refractivity contribution in [2.75, 3.05) is 6.54 Å². The Hall–Kier alpha value is -3.17. The molecule has 27 heavy (non-hydrogen) atoms. The highest BCUT2D eigenvalue weighted by molar-refractivity contribution is 5.78. The predicted octanol–water partition coefficient (Wildman–Crippen LogP) is 5.16. The van der Waals surface area contributed by atoms with E-state index in [1.807, 2.05) is 24.5 Å². The van der Waals surface area contributed by atoms with Gasteiger partial charge in [0.05, 0.1) is 23.8 Å². The van der Waals surface area contributed by atoms with Crippen molar-refractivity contribution in [1.29, 1.82) is 0 Å². The monoisotopic (exact) mass is 353 g/mol. The van der Waals surface area contributed by atoms with Crippen molar-refractivity contribution in [2.45, 2.75) is 12.5 Å². The van der Waals surface area contributed by atoms with Crippen LogP contribution in [-0.4, -0.2) is 16.1 Å². The zero-order chi connectivity index (χ0) is 18.5. The number of rotatable bonds is 6. The maximum absolute atomic E-state index is 5.98. The summed E-state index contributed by atoms with van der Waals surface area (Å²) in [7, 11) is 0. The molecule has 1 heterocycles. The van der Waals surface area contributed by atoms with Crippen molar-refractivity contribution >= 4 is 0 Å². The van der Waals surface area contributed by atoms with E-state index in [0.29, 0.717) is 6.54 Å². The lowest BCUT2D eigenvalue weighted by Crippen LogP contribution is -2.15. The highest BCUT2D eigenvalue weighted by Gasteiger charge is 2.21. The van der Waals surface area contributed by atoms with Crippen LogP contribution in [0.25, 0.3) is 22.5 Å². The molecular weight excluding hydrogens is 330 g/mol. The summed E-state index contributed by atoms with van der Waals surface area (Å²) in [5.74, 6) is 0. The molecule has 1 aromatic heterocycles. The second-order valence-corrected chi connectivity index (χ2v) is 6.58. The van der Waals surface area contributed by atoms with E-state index in [0.717, 1.165) is 28.9 Å². The number of imidazole rings is 1. The van der Waals surface area contributed by atoms with E-state index in [9.17, 15) is 0 Å². The SMILES string of the molecule is NCCC(c1ccccc1)n1cnc(-c2ccccc2)c1-c1ccccc1. The molecule has 0 saturated carbocycles. The second-order valence-electron chi connectivity index (χ2n) is 6.58. The van der Waals surface area contributed by atoms with Crippen LogP contribution in [0.15, 0.2) is 97.3 Å². The molecule has 0 aliphatic heterocycles. The molecule has 3 heteroatoms. The summed E-state index contributed by atoms with van der Waals surface area (Å²) in [6, 6.07) is 31.5. The van der Waals surface area contributed by atoms with E-state index in [1.165, 1.54) is 5.56 Å². The van der Waals surface area contributed by atoms with Crippen LogP contribution < -0.4 is 5.73 Å². The molecule has 0 amide bonds. The molecule has 1 atom stereocenters. The minimum Gasteiger partial charge on any atom is -0.330 e. The molecule has 1 unspecified atom stereocenters. The van der Waals surface area contributed by atoms with Gasteiger partial charge in [0.15, 0.2) is 0 Å². The minimum atomic E-state index is 0.149. The third-order valence-corrected chi connectivity index (χ3v) is 4.85. The van der Waals surface area contributed by atoms with Crippen molar-refractivity contribution in [1.82, 2.24) is 9.55 Å². The van der Waals surface area contributed by atoms with E-state index in [2.05, 4.69) is 77.4 Å². The molecule has 4 aromatic rings. The Bertz CT molecular complexity index is 976. The van der Waals surface area contributed by atoms with Gasteiger partial charge in [0.25, 0.3) is 0 Å². The maximum Gasteiger partial charge on any atom is 0.0964 e. The maximum atomic E-state index is 5.98. The van der Waals surface area contributed by atoms with Crippen molar-refractivity contribution in [2.24, 2.45) is 5.73 Å². The first-order valence-corrected chi connectivity index (χ1v) is 9.31. The first-order chi connectivity index (χ1) is 13.4. The first-order valence-electron chi connectivity index (χ1n) is 9.31. The first kappa shape index (κ1) is 17.3. The summed E-state index contributed by atoms with van der Waals surface area (Å²) < 4.78 is 2.28. The standard InChI is InChI=1S/C24H23N3/c25-17-16-22(19-10-4-1-5-11-19)27-18-26-23(20-12-6-2-7-13-20)24(27)21-14-8-3-9-15-21/h1-15,18,22H,16-17,25H2. The lowest BCUT2D eigenvalue weighted by molar-refractivity contribution is 0.551. The van der Waals surface area contributed by atoms with Crippen LogP contribution in [0.1, 0.15) is 18.0 Å². The number of hydrogen-bond acceptors (Lipinski definition) is 2. The number of aromatic nitrogens is 2. The molecule has 0 aliphatic carbocycles. The number of nitrogens with two attached hydrogens (primary N) is 1. The summed E-state index contributed by atoms with van der Waals surface area (Å²) in [6.45, 7) is 0.618. The summed E-state index contributed by atoms with van der Waals surface area (Å²) in [6.07, 6.45) is 2.81. The molecule has 0 aliphatic rings. The van der Waals surface area contributed by atoms with Crippen molar-refractivity contribution < 1.29 is 0 Å². The van der Waals surface area contributed by atoms with Gasteiger partial charge < -0.3 is 10.3 Å². The summed E-state index contributed by atoms with van der Waals surface area (Å²) in [5, 5.41) is 0. The highest BCUT2D eigenvalue weighted by Crippen LogP contribution is 2.35. The zero-order valence-electron chi connectivity index (χ0n) is 15.2. The topological polar surface area (TPSA) is 43.8 Å². The third kappa shape index (κ3) is 3.55. The van der Waals surface area contributed by atoms with Gasteiger partial charge in [-0.2, -0.15) is 0 Å². The van der Waals surface area contributed by atoms with Gasteiger partial charge in [-0.1, -0.05) is 91.0 Å². The van der Waals surface area contributed by atoms with E-state index in [4.69, 9.17) is 10.7 Å². The lowest BCUT2D eigenvalue weighted by Gasteiger charge is -2.22. The van der Waals surface area contributed by atoms with Crippen LogP contribution in [-0.2, 0) is 0 Å². The average molecular weight is 353 g/mol. The van der Waals surface area contributed by atoms with E-state index in [-0.39, 0.29) is 6.04 Å². The molecule has 4 rings (SSSR count). The Morgan fingerprint density at radius 2 is 1.30 bits per heavy atom. The number of hydrogen-bond donors (Lipinski definition) is 1. The van der Waals surface area contributed by atoms with Crippen molar-refractivity contribution in [3.63, 3.8) is 0 Å². The molecule has 134 valence electrons. The summed E-state index contributed by atoms with van der Waals surface area (Å²) >= 11 is 0. The van der Waals surface area contributed by atoms with Gasteiger partial charge in [0.2, 0.25) is 0 Å². The minimum absolute atomic E-state index is 0.149. The Morgan fingerprint density at radius 3 is 1.89 bits per heavy atom. The smallest absolute Gasteiger partial charge is 0.0964 e. The Morgan fingerprint density at radius 1 is 0.741 bits per heavy atom. The number of benzene rings is 3. The fourth-order valence-electron chi connectivity index (χ4n) is 3.59. The van der Waals surface area contributed by atoms with Crippen LogP contribution >= 0.6 is 0 Å². The molecule has 0 bridgehead atoms. The van der Waals surface area contributed by atoms with Gasteiger partial charge in [-0.15, -0.1) is 0 Å². The fourth-order valence-corrected chi connectivity index (χ4v) is 3.59. The molecule has 0 spiro atoms. The Labute approximate surface area is 160 Å². The van der Waals surface area contributed by atoms with Crippen LogP contribution in [0.5, 0.6) is 0 Å². The quantitative estimate of drug-likeness (QED) is 0.520. The van der Waals surface area contributed by atoms with Gasteiger partial charge >= 0.3 is 0 Å². The van der Waals surface area contributed by atoms with E-state index in [1.54, 1.807) is 0 Å². The summed E-state index contributed by atoms with van der Waals surface area (Å²) in [4.78, 5) is 4.81. The molecule has 0 fully saturated rings. The molecule has 2 N–H and O–H groups in total. The average Bonchev–Trinajstić information content (AvgIpc) is 3.18. The van der Waals surface area contributed by atoms with Gasteiger partial charge in [0, 0.05) is 11.1 Å². The normalized spacial score (nSPS) is 12.0. The van der Waals surface area contributed by atoms with Crippen molar-refractivity contribution in [3.05, 3.63) is 103 Å². The Balaban J connectivity index is 1.91. The molecule has 0 radical (unpaired) electrons. The third-order valence-electron chi connectivity index (χ3n) is 4.85. The largest absolute Gasteiger partial charge is 0.330 e. The fraction of sp³-hybridized carbons (Fsp3) is 0.125. The zero-order valence-corrected chi connectivity index (χ0v) is 15.2. The van der Waals surface area contributed by atoms with Gasteiger partial charge in [-0.05, 0) is 18.5 Å². The molecule has 3 nitrogen and oxygen atoms in total. The predicted molar refractivity (Wildman–Crippen MR) is 111 cm³/mol. The van der Waals surface area contributed by atoms with Crippen LogP contribution in [0.3, 0.4) is 0 Å². The molecule has 3 aromatic carbocycles. The second kappa shape index (κ2) is 8.02. The van der Waals surface area contributed by atoms with Crippen molar-refractivity contribution in [3.8, 4) is 22.5 Å². The van der Waals surface area contributed by atoms with Gasteiger partial charge in [-0.3, -0.25) is 0 Å².